The predicted molar refractivity (Wildman–Crippen MR) is 109 cm³/mol. The van der Waals surface area contributed by atoms with Gasteiger partial charge in [0.1, 0.15) is 11.5 Å². The maximum atomic E-state index is 5.69. The van der Waals surface area contributed by atoms with Crippen LogP contribution in [0.25, 0.3) is 10.9 Å². The van der Waals surface area contributed by atoms with Crippen LogP contribution in [0.1, 0.15) is 30.5 Å². The number of ether oxygens (including phenoxy) is 2. The van der Waals surface area contributed by atoms with Crippen LogP contribution in [-0.4, -0.2) is 30.2 Å². The van der Waals surface area contributed by atoms with Gasteiger partial charge in [0, 0.05) is 37.9 Å². The second-order valence-electron chi connectivity index (χ2n) is 7.68. The summed E-state index contributed by atoms with van der Waals surface area (Å²) in [6.07, 6.45) is 3.24. The summed E-state index contributed by atoms with van der Waals surface area (Å²) in [5.41, 5.74) is 3.80. The fraction of sp³-hybridized carbons (Fsp3) is 0.391. The Kier molecular flexibility index (Phi) is 4.83. The highest BCUT2D eigenvalue weighted by molar-refractivity contribution is 5.80. The van der Waals surface area contributed by atoms with E-state index in [1.165, 1.54) is 22.0 Å². The molecule has 142 valence electrons. The van der Waals surface area contributed by atoms with Gasteiger partial charge in [-0.25, -0.2) is 0 Å². The second kappa shape index (κ2) is 7.28. The van der Waals surface area contributed by atoms with Gasteiger partial charge in [-0.15, -0.1) is 0 Å². The first-order valence-electron chi connectivity index (χ1n) is 9.59. The topological polar surface area (TPSA) is 26.6 Å². The molecule has 2 unspecified atom stereocenters. The lowest BCUT2D eigenvalue weighted by Crippen LogP contribution is -2.24. The lowest BCUT2D eigenvalue weighted by molar-refractivity contribution is 0.234. The first kappa shape index (κ1) is 17.9. The number of benzene rings is 2. The minimum atomic E-state index is 0.303. The maximum absolute atomic E-state index is 5.69. The number of methoxy groups -OCH3 is 2. The Morgan fingerprint density at radius 3 is 2.48 bits per heavy atom. The lowest BCUT2D eigenvalue weighted by Gasteiger charge is -2.27. The maximum Gasteiger partial charge on any atom is 0.127 e. The number of nitrogens with zero attached hydrogens (tertiary/aromatic N) is 2. The minimum Gasteiger partial charge on any atom is -0.496 e. The number of rotatable bonds is 5. The van der Waals surface area contributed by atoms with Gasteiger partial charge < -0.3 is 14.0 Å². The van der Waals surface area contributed by atoms with E-state index in [0.29, 0.717) is 12.0 Å². The fourth-order valence-corrected chi connectivity index (χ4v) is 4.48. The molecule has 0 spiro atoms. The molecule has 3 aromatic rings. The third-order valence-corrected chi connectivity index (χ3v) is 5.75. The van der Waals surface area contributed by atoms with Crippen LogP contribution in [0.3, 0.4) is 0 Å². The first-order chi connectivity index (χ1) is 13.1. The smallest absolute Gasteiger partial charge is 0.127 e. The van der Waals surface area contributed by atoms with Crippen molar-refractivity contribution in [1.29, 1.82) is 0 Å². The Bertz CT molecular complexity index is 924. The lowest BCUT2D eigenvalue weighted by atomic mass is 9.98. The summed E-state index contributed by atoms with van der Waals surface area (Å²) in [6, 6.07) is 15.3. The van der Waals surface area contributed by atoms with Crippen molar-refractivity contribution >= 4 is 10.9 Å². The second-order valence-corrected chi connectivity index (χ2v) is 7.68. The van der Waals surface area contributed by atoms with Crippen LogP contribution in [0.2, 0.25) is 0 Å². The molecule has 1 fully saturated rings. The summed E-state index contributed by atoms with van der Waals surface area (Å²) in [4.78, 5) is 2.56. The zero-order valence-electron chi connectivity index (χ0n) is 16.6. The van der Waals surface area contributed by atoms with Crippen LogP contribution >= 0.6 is 0 Å². The largest absolute Gasteiger partial charge is 0.496 e. The molecule has 4 rings (SSSR count). The Balaban J connectivity index is 1.67. The van der Waals surface area contributed by atoms with Gasteiger partial charge in [-0.3, -0.25) is 4.90 Å². The first-order valence-corrected chi connectivity index (χ1v) is 9.59. The van der Waals surface area contributed by atoms with Gasteiger partial charge in [0.15, 0.2) is 0 Å². The van der Waals surface area contributed by atoms with Crippen molar-refractivity contribution in [3.8, 4) is 11.5 Å². The van der Waals surface area contributed by atoms with Crippen LogP contribution < -0.4 is 9.47 Å². The van der Waals surface area contributed by atoms with E-state index in [1.54, 1.807) is 14.2 Å². The molecule has 2 atom stereocenters. The van der Waals surface area contributed by atoms with Crippen LogP contribution in [0.5, 0.6) is 11.5 Å². The molecule has 0 aliphatic carbocycles. The Labute approximate surface area is 161 Å². The van der Waals surface area contributed by atoms with Gasteiger partial charge >= 0.3 is 0 Å². The van der Waals surface area contributed by atoms with E-state index in [2.05, 4.69) is 53.9 Å². The molecular weight excluding hydrogens is 336 g/mol. The van der Waals surface area contributed by atoms with Gasteiger partial charge in [-0.05, 0) is 53.6 Å². The molecule has 1 saturated heterocycles. The third-order valence-electron chi connectivity index (χ3n) is 5.75. The summed E-state index contributed by atoms with van der Waals surface area (Å²) in [5, 5.41) is 1.30. The molecule has 1 aliphatic rings. The van der Waals surface area contributed by atoms with E-state index >= 15 is 0 Å². The quantitative estimate of drug-likeness (QED) is 0.652. The van der Waals surface area contributed by atoms with E-state index in [4.69, 9.17) is 9.47 Å². The monoisotopic (exact) mass is 364 g/mol. The van der Waals surface area contributed by atoms with Crippen LogP contribution in [0, 0.1) is 5.92 Å². The van der Waals surface area contributed by atoms with Crippen LogP contribution in [-0.2, 0) is 13.6 Å². The summed E-state index contributed by atoms with van der Waals surface area (Å²) in [5.74, 6) is 2.47. The molecule has 4 nitrogen and oxygen atoms in total. The zero-order valence-corrected chi connectivity index (χ0v) is 16.6. The molecule has 0 N–H and O–H groups in total. The summed E-state index contributed by atoms with van der Waals surface area (Å²) < 4.78 is 13.5. The molecule has 0 saturated carbocycles. The molecule has 2 heterocycles. The Hall–Kier alpha value is -2.46. The van der Waals surface area contributed by atoms with Gasteiger partial charge in [0.05, 0.1) is 19.8 Å². The molecule has 2 aromatic carbocycles. The number of aromatic nitrogens is 1. The Morgan fingerprint density at radius 2 is 1.78 bits per heavy atom. The highest BCUT2D eigenvalue weighted by atomic mass is 16.5. The van der Waals surface area contributed by atoms with Crippen molar-refractivity contribution in [2.24, 2.45) is 13.0 Å². The van der Waals surface area contributed by atoms with Crippen molar-refractivity contribution in [2.45, 2.75) is 25.9 Å². The zero-order chi connectivity index (χ0) is 19.0. The van der Waals surface area contributed by atoms with Crippen LogP contribution in [0.4, 0.5) is 0 Å². The van der Waals surface area contributed by atoms with E-state index in [0.717, 1.165) is 31.0 Å². The molecule has 4 heteroatoms. The average molecular weight is 364 g/mol. The molecule has 0 bridgehead atoms. The number of likely N-dealkylation sites (tertiary alicyclic amines) is 1. The van der Waals surface area contributed by atoms with Gasteiger partial charge in [-0.1, -0.05) is 19.1 Å². The molecular formula is C23H28N2O2. The molecule has 27 heavy (non-hydrogen) atoms. The number of hydrogen-bond donors (Lipinski definition) is 0. The van der Waals surface area contributed by atoms with Crippen molar-refractivity contribution in [3.05, 3.63) is 59.8 Å². The highest BCUT2D eigenvalue weighted by Crippen LogP contribution is 2.44. The number of hydrogen-bond acceptors (Lipinski definition) is 3. The van der Waals surface area contributed by atoms with E-state index in [9.17, 15) is 0 Å². The van der Waals surface area contributed by atoms with Crippen molar-refractivity contribution in [1.82, 2.24) is 9.47 Å². The minimum absolute atomic E-state index is 0.303. The standard InChI is InChI=1S/C23H28N2O2/c1-16-12-20(23-21(26-3)6-5-7-22(23)27-4)25(14-16)15-17-8-9-19-18(13-17)10-11-24(19)2/h5-11,13,16,20H,12,14-15H2,1-4H3. The molecule has 1 aromatic heterocycles. The summed E-state index contributed by atoms with van der Waals surface area (Å²) in [6.45, 7) is 4.34. The highest BCUT2D eigenvalue weighted by Gasteiger charge is 2.34. The fourth-order valence-electron chi connectivity index (χ4n) is 4.48. The SMILES string of the molecule is COc1cccc(OC)c1C1CC(C)CN1Cc1ccc2c(ccn2C)c1. The van der Waals surface area contributed by atoms with Crippen molar-refractivity contribution < 1.29 is 9.47 Å². The van der Waals surface area contributed by atoms with E-state index < -0.39 is 0 Å². The number of aryl methyl sites for hydroxylation is 1. The average Bonchev–Trinajstić information content (AvgIpc) is 3.23. The summed E-state index contributed by atoms with van der Waals surface area (Å²) >= 11 is 0. The van der Waals surface area contributed by atoms with Crippen molar-refractivity contribution in [2.75, 3.05) is 20.8 Å². The van der Waals surface area contributed by atoms with Gasteiger partial charge in [0.2, 0.25) is 0 Å². The molecule has 0 radical (unpaired) electrons. The van der Waals surface area contributed by atoms with Crippen LogP contribution in [0.15, 0.2) is 48.7 Å². The molecule has 0 amide bonds. The van der Waals surface area contributed by atoms with E-state index in [-0.39, 0.29) is 0 Å². The van der Waals surface area contributed by atoms with Gasteiger partial charge in [0.25, 0.3) is 0 Å². The Morgan fingerprint density at radius 1 is 1.04 bits per heavy atom. The molecule has 1 aliphatic heterocycles. The normalized spacial score (nSPS) is 20.3. The number of fused-ring (bicyclic) bond motifs is 1. The van der Waals surface area contributed by atoms with E-state index in [1.807, 2.05) is 18.2 Å². The predicted octanol–water partition coefficient (Wildman–Crippen LogP) is 4.78. The van der Waals surface area contributed by atoms with Crippen molar-refractivity contribution in [3.63, 3.8) is 0 Å². The summed E-state index contributed by atoms with van der Waals surface area (Å²) in [7, 11) is 5.57. The third kappa shape index (κ3) is 3.30. The van der Waals surface area contributed by atoms with Gasteiger partial charge in [-0.2, -0.15) is 0 Å².